The molecule has 7 aromatic carbocycles. The molecular formula is C50H34N4. The van der Waals surface area contributed by atoms with Gasteiger partial charge in [0.2, 0.25) is 0 Å². The van der Waals surface area contributed by atoms with Crippen molar-refractivity contribution in [2.75, 3.05) is 0 Å². The molecule has 254 valence electrons. The highest BCUT2D eigenvalue weighted by molar-refractivity contribution is 5.81. The lowest BCUT2D eigenvalue weighted by Crippen LogP contribution is -2.00. The van der Waals surface area contributed by atoms with Gasteiger partial charge in [-0.15, -0.1) is 0 Å². The molecule has 0 atom stereocenters. The molecule has 0 aliphatic rings. The van der Waals surface area contributed by atoms with Crippen molar-refractivity contribution in [2.24, 2.45) is 0 Å². The van der Waals surface area contributed by atoms with E-state index in [9.17, 15) is 0 Å². The summed E-state index contributed by atoms with van der Waals surface area (Å²) in [6.45, 7) is 0. The van der Waals surface area contributed by atoms with Crippen LogP contribution in [0.5, 0.6) is 0 Å². The number of hydrogen-bond donors (Lipinski definition) is 0. The van der Waals surface area contributed by atoms with Gasteiger partial charge in [-0.1, -0.05) is 176 Å². The summed E-state index contributed by atoms with van der Waals surface area (Å²) in [6.07, 6.45) is 0. The van der Waals surface area contributed by atoms with E-state index >= 15 is 0 Å². The lowest BCUT2D eigenvalue weighted by Gasteiger charge is -2.12. The van der Waals surface area contributed by atoms with Crippen molar-refractivity contribution in [3.8, 4) is 90.1 Å². The third-order valence-corrected chi connectivity index (χ3v) is 9.51. The largest absolute Gasteiger partial charge is 0.248 e. The van der Waals surface area contributed by atoms with Crippen LogP contribution in [0.15, 0.2) is 206 Å². The van der Waals surface area contributed by atoms with Crippen molar-refractivity contribution >= 4 is 0 Å². The summed E-state index contributed by atoms with van der Waals surface area (Å²) < 4.78 is 0. The lowest BCUT2D eigenvalue weighted by atomic mass is 9.95. The van der Waals surface area contributed by atoms with Gasteiger partial charge in [-0.25, -0.2) is 19.9 Å². The van der Waals surface area contributed by atoms with E-state index < -0.39 is 0 Å². The summed E-state index contributed by atoms with van der Waals surface area (Å²) >= 11 is 0. The Morgan fingerprint density at radius 1 is 0.185 bits per heavy atom. The van der Waals surface area contributed by atoms with Gasteiger partial charge in [0.05, 0.1) is 11.4 Å². The quantitative estimate of drug-likeness (QED) is 0.159. The maximum atomic E-state index is 5.17. The summed E-state index contributed by atoms with van der Waals surface area (Å²) in [7, 11) is 0. The molecule has 0 saturated carbocycles. The minimum absolute atomic E-state index is 0.633. The normalized spacial score (nSPS) is 11.0. The SMILES string of the molecule is c1ccc(-c2cc(-c3ccccc3)nc(-c3cccc(-c4cccc(-c5cccc(-c6nc(-c7ccccc7)nc(-c7ccccc7)n6)c5)c4)c3)c2)cc1. The fourth-order valence-electron chi connectivity index (χ4n) is 6.74. The van der Waals surface area contributed by atoms with Gasteiger partial charge in [0.25, 0.3) is 0 Å². The molecule has 0 saturated heterocycles. The molecule has 2 aromatic heterocycles. The van der Waals surface area contributed by atoms with Crippen molar-refractivity contribution in [1.29, 1.82) is 0 Å². The lowest BCUT2D eigenvalue weighted by molar-refractivity contribution is 1.07. The van der Waals surface area contributed by atoms with Crippen LogP contribution in [-0.4, -0.2) is 19.9 Å². The molecule has 54 heavy (non-hydrogen) atoms. The molecule has 9 rings (SSSR count). The number of pyridine rings is 1. The fraction of sp³-hybridized carbons (Fsp3) is 0. The van der Waals surface area contributed by atoms with Gasteiger partial charge in [0, 0.05) is 27.8 Å². The van der Waals surface area contributed by atoms with Crippen LogP contribution in [0.2, 0.25) is 0 Å². The summed E-state index contributed by atoms with van der Waals surface area (Å²) in [5.41, 5.74) is 13.6. The highest BCUT2D eigenvalue weighted by Crippen LogP contribution is 2.34. The Morgan fingerprint density at radius 2 is 0.500 bits per heavy atom. The molecule has 0 radical (unpaired) electrons. The molecule has 0 aliphatic carbocycles. The number of nitrogens with zero attached hydrogens (tertiary/aromatic N) is 4. The highest BCUT2D eigenvalue weighted by Gasteiger charge is 2.14. The Balaban J connectivity index is 1.08. The zero-order chi connectivity index (χ0) is 36.1. The van der Waals surface area contributed by atoms with Gasteiger partial charge >= 0.3 is 0 Å². The number of aromatic nitrogens is 4. The van der Waals surface area contributed by atoms with Crippen molar-refractivity contribution < 1.29 is 0 Å². The van der Waals surface area contributed by atoms with E-state index in [4.69, 9.17) is 19.9 Å². The predicted molar refractivity (Wildman–Crippen MR) is 221 cm³/mol. The third-order valence-electron chi connectivity index (χ3n) is 9.51. The average molecular weight is 691 g/mol. The van der Waals surface area contributed by atoms with Crippen molar-refractivity contribution in [1.82, 2.24) is 19.9 Å². The molecule has 4 nitrogen and oxygen atoms in total. The van der Waals surface area contributed by atoms with Crippen LogP contribution < -0.4 is 0 Å². The minimum Gasteiger partial charge on any atom is -0.248 e. The van der Waals surface area contributed by atoms with Gasteiger partial charge in [-0.05, 0) is 63.7 Å². The first kappa shape index (κ1) is 32.6. The highest BCUT2D eigenvalue weighted by atomic mass is 15.0. The predicted octanol–water partition coefficient (Wildman–Crippen LogP) is 12.6. The average Bonchev–Trinajstić information content (AvgIpc) is 3.27. The fourth-order valence-corrected chi connectivity index (χ4v) is 6.74. The number of benzene rings is 7. The molecule has 2 heterocycles. The van der Waals surface area contributed by atoms with Crippen LogP contribution in [0.3, 0.4) is 0 Å². The Kier molecular flexibility index (Phi) is 8.90. The van der Waals surface area contributed by atoms with Crippen molar-refractivity contribution in [3.05, 3.63) is 206 Å². The second-order valence-electron chi connectivity index (χ2n) is 13.1. The summed E-state index contributed by atoms with van der Waals surface area (Å²) in [4.78, 5) is 20.0. The molecule has 0 aliphatic heterocycles. The second-order valence-corrected chi connectivity index (χ2v) is 13.1. The van der Waals surface area contributed by atoms with Crippen LogP contribution in [0.25, 0.3) is 90.1 Å². The first-order valence-corrected chi connectivity index (χ1v) is 18.1. The smallest absolute Gasteiger partial charge is 0.164 e. The Labute approximate surface area is 315 Å². The first-order valence-electron chi connectivity index (χ1n) is 18.1. The molecule has 9 aromatic rings. The third kappa shape index (κ3) is 6.97. The van der Waals surface area contributed by atoms with Crippen LogP contribution >= 0.6 is 0 Å². The zero-order valence-corrected chi connectivity index (χ0v) is 29.4. The van der Waals surface area contributed by atoms with Gasteiger partial charge in [0.1, 0.15) is 0 Å². The van der Waals surface area contributed by atoms with Crippen LogP contribution in [0.4, 0.5) is 0 Å². The topological polar surface area (TPSA) is 51.6 Å². The molecule has 4 heteroatoms. The van der Waals surface area contributed by atoms with Gasteiger partial charge in [-0.3, -0.25) is 0 Å². The maximum Gasteiger partial charge on any atom is 0.164 e. The Hall–Kier alpha value is -7.30. The summed E-state index contributed by atoms with van der Waals surface area (Å²) in [5.74, 6) is 1.92. The van der Waals surface area contributed by atoms with E-state index in [0.29, 0.717) is 17.5 Å². The van der Waals surface area contributed by atoms with E-state index in [1.165, 1.54) is 0 Å². The van der Waals surface area contributed by atoms with Gasteiger partial charge in [0.15, 0.2) is 17.5 Å². The molecule has 0 bridgehead atoms. The van der Waals surface area contributed by atoms with Crippen LogP contribution in [0, 0.1) is 0 Å². The summed E-state index contributed by atoms with van der Waals surface area (Å²) in [5, 5.41) is 0. The minimum atomic E-state index is 0.633. The molecule has 0 spiro atoms. The maximum absolute atomic E-state index is 5.17. The molecule has 0 unspecified atom stereocenters. The van der Waals surface area contributed by atoms with Gasteiger partial charge in [-0.2, -0.15) is 0 Å². The molecule has 0 fully saturated rings. The van der Waals surface area contributed by atoms with Crippen LogP contribution in [-0.2, 0) is 0 Å². The van der Waals surface area contributed by atoms with Crippen molar-refractivity contribution in [3.63, 3.8) is 0 Å². The van der Waals surface area contributed by atoms with E-state index in [0.717, 1.165) is 72.6 Å². The number of rotatable bonds is 8. The molecular weight excluding hydrogens is 657 g/mol. The molecule has 0 amide bonds. The van der Waals surface area contributed by atoms with E-state index in [2.05, 4.69) is 133 Å². The zero-order valence-electron chi connectivity index (χ0n) is 29.4. The van der Waals surface area contributed by atoms with E-state index in [-0.39, 0.29) is 0 Å². The first-order chi connectivity index (χ1) is 26.7. The second kappa shape index (κ2) is 14.7. The van der Waals surface area contributed by atoms with E-state index in [1.807, 2.05) is 72.8 Å². The number of hydrogen-bond acceptors (Lipinski definition) is 4. The standard InChI is InChI=1S/C50H34N4/c1-5-16-35(17-6-1)45-33-46(36-18-7-2-8-19-36)51-47(34-45)43-28-14-26-41(31-43)39-24-13-25-40(30-39)42-27-15-29-44(32-42)50-53-48(37-20-9-3-10-21-37)52-49(54-50)38-22-11-4-12-23-38/h1-34H. The monoisotopic (exact) mass is 690 g/mol. The summed E-state index contributed by atoms with van der Waals surface area (Å²) in [6, 6.07) is 71.2. The van der Waals surface area contributed by atoms with Crippen molar-refractivity contribution in [2.45, 2.75) is 0 Å². The Bertz CT molecular complexity index is 2390. The molecule has 0 N–H and O–H groups in total. The van der Waals surface area contributed by atoms with Gasteiger partial charge < -0.3 is 0 Å². The van der Waals surface area contributed by atoms with E-state index in [1.54, 1.807) is 0 Å². The van der Waals surface area contributed by atoms with Crippen LogP contribution in [0.1, 0.15) is 0 Å². The Morgan fingerprint density at radius 3 is 0.981 bits per heavy atom.